The van der Waals surface area contributed by atoms with Crippen molar-refractivity contribution < 1.29 is 23.8 Å². The number of para-hydroxylation sites is 1. The molecule has 3 aromatic carbocycles. The molecule has 1 aromatic heterocycles. The van der Waals surface area contributed by atoms with Gasteiger partial charge in [0.25, 0.3) is 5.91 Å². The lowest BCUT2D eigenvalue weighted by atomic mass is 10.1. The lowest BCUT2D eigenvalue weighted by molar-refractivity contribution is 0.0953. The first-order valence-electron chi connectivity index (χ1n) is 15.6. The first-order valence-corrected chi connectivity index (χ1v) is 15.6. The Labute approximate surface area is 276 Å². The maximum absolute atomic E-state index is 13.9. The van der Waals surface area contributed by atoms with Gasteiger partial charge < -0.3 is 29.7 Å². The molecule has 11 nitrogen and oxygen atoms in total. The van der Waals surface area contributed by atoms with Crippen LogP contribution < -0.4 is 29.7 Å². The van der Waals surface area contributed by atoms with E-state index in [2.05, 4.69) is 39.6 Å². The molecule has 0 unspecified atom stereocenters. The average molecular weight is 641 g/mol. The van der Waals surface area contributed by atoms with Crippen LogP contribution in [0.2, 0.25) is 0 Å². The summed E-state index contributed by atoms with van der Waals surface area (Å²) in [4.78, 5) is 39.3. The second kappa shape index (κ2) is 17.0. The molecule has 4 aromatic rings. The highest BCUT2D eigenvalue weighted by molar-refractivity contribution is 5.98. The molecule has 2 amide bonds. The molecule has 1 heterocycles. The van der Waals surface area contributed by atoms with Gasteiger partial charge >= 0.3 is 6.09 Å². The van der Waals surface area contributed by atoms with Crippen molar-refractivity contribution in [2.45, 2.75) is 39.5 Å². The van der Waals surface area contributed by atoms with E-state index >= 15 is 0 Å². The van der Waals surface area contributed by atoms with Gasteiger partial charge in [0.2, 0.25) is 5.95 Å². The van der Waals surface area contributed by atoms with Gasteiger partial charge in [-0.1, -0.05) is 37.1 Å². The molecule has 0 aliphatic carbocycles. The highest BCUT2D eigenvalue weighted by Crippen LogP contribution is 2.37. The lowest BCUT2D eigenvalue weighted by Crippen LogP contribution is -2.31. The van der Waals surface area contributed by atoms with E-state index < -0.39 is 6.09 Å². The number of ether oxygens (including phenoxy) is 3. The number of aryl methyl sites for hydroxylation is 2. The lowest BCUT2D eigenvalue weighted by Gasteiger charge is -2.24. The third-order valence-corrected chi connectivity index (χ3v) is 7.48. The normalized spacial score (nSPS) is 10.8. The van der Waals surface area contributed by atoms with Gasteiger partial charge in [-0.25, -0.2) is 14.7 Å². The van der Waals surface area contributed by atoms with Crippen molar-refractivity contribution in [3.63, 3.8) is 0 Å². The Hall–Kier alpha value is -5.16. The van der Waals surface area contributed by atoms with Gasteiger partial charge in [-0.05, 0) is 88.8 Å². The number of hydrogen-bond donors (Lipinski definition) is 2. The fourth-order valence-corrected chi connectivity index (χ4v) is 4.99. The number of carbonyl (C=O) groups is 2. The summed E-state index contributed by atoms with van der Waals surface area (Å²) >= 11 is 0. The van der Waals surface area contributed by atoms with Crippen LogP contribution in [0.25, 0.3) is 0 Å². The van der Waals surface area contributed by atoms with E-state index in [0.29, 0.717) is 40.7 Å². The zero-order chi connectivity index (χ0) is 33.8. The van der Waals surface area contributed by atoms with Crippen LogP contribution in [-0.2, 0) is 0 Å². The van der Waals surface area contributed by atoms with E-state index in [0.717, 1.165) is 43.4 Å². The Balaban J connectivity index is 1.54. The molecular formula is C36H44N6O5. The highest BCUT2D eigenvalue weighted by atomic mass is 16.6. The first kappa shape index (κ1) is 34.7. The summed E-state index contributed by atoms with van der Waals surface area (Å²) in [6, 6.07) is 19.5. The zero-order valence-corrected chi connectivity index (χ0v) is 28.0. The zero-order valence-electron chi connectivity index (χ0n) is 28.0. The summed E-state index contributed by atoms with van der Waals surface area (Å²) in [6.07, 6.45) is 5.14. The van der Waals surface area contributed by atoms with E-state index in [1.54, 1.807) is 49.6 Å². The van der Waals surface area contributed by atoms with E-state index in [1.165, 1.54) is 18.2 Å². The topological polar surface area (TPSA) is 118 Å². The maximum atomic E-state index is 13.9. The van der Waals surface area contributed by atoms with E-state index in [9.17, 15) is 9.59 Å². The Morgan fingerprint density at radius 3 is 2.32 bits per heavy atom. The summed E-state index contributed by atoms with van der Waals surface area (Å²) < 4.78 is 16.9. The smallest absolute Gasteiger partial charge is 0.425 e. The van der Waals surface area contributed by atoms with Gasteiger partial charge in [0.05, 0.1) is 19.9 Å². The Morgan fingerprint density at radius 1 is 0.851 bits per heavy atom. The predicted molar refractivity (Wildman–Crippen MR) is 185 cm³/mol. The number of amides is 2. The third-order valence-electron chi connectivity index (χ3n) is 7.48. The van der Waals surface area contributed by atoms with Crippen LogP contribution in [0.4, 0.5) is 27.9 Å². The number of rotatable bonds is 15. The number of aromatic nitrogens is 2. The molecule has 0 atom stereocenters. The number of nitrogens with zero attached hydrogens (tertiary/aromatic N) is 4. The van der Waals surface area contributed by atoms with Crippen molar-refractivity contribution in [3.8, 4) is 17.2 Å². The van der Waals surface area contributed by atoms with E-state index in [1.807, 2.05) is 38.1 Å². The molecule has 2 N–H and O–H groups in total. The minimum Gasteiger partial charge on any atom is -0.497 e. The van der Waals surface area contributed by atoms with Crippen molar-refractivity contribution in [1.29, 1.82) is 0 Å². The van der Waals surface area contributed by atoms with Crippen LogP contribution in [0.5, 0.6) is 17.2 Å². The molecule has 47 heavy (non-hydrogen) atoms. The van der Waals surface area contributed by atoms with E-state index in [4.69, 9.17) is 14.2 Å². The van der Waals surface area contributed by atoms with Crippen LogP contribution in [0.1, 0.15) is 47.2 Å². The van der Waals surface area contributed by atoms with Crippen molar-refractivity contribution in [2.75, 3.05) is 51.6 Å². The van der Waals surface area contributed by atoms with Crippen molar-refractivity contribution in [2.24, 2.45) is 0 Å². The second-order valence-electron chi connectivity index (χ2n) is 11.4. The molecule has 0 spiro atoms. The fraction of sp³-hybridized carbons (Fsp3) is 0.333. The van der Waals surface area contributed by atoms with Crippen molar-refractivity contribution >= 4 is 35.1 Å². The molecule has 0 fully saturated rings. The molecule has 248 valence electrons. The van der Waals surface area contributed by atoms with Gasteiger partial charge in [-0.15, -0.1) is 0 Å². The van der Waals surface area contributed by atoms with Gasteiger partial charge in [-0.3, -0.25) is 4.79 Å². The minimum absolute atomic E-state index is 0.149. The molecular weight excluding hydrogens is 596 g/mol. The molecule has 0 aliphatic heterocycles. The van der Waals surface area contributed by atoms with Gasteiger partial charge in [-0.2, -0.15) is 4.98 Å². The predicted octanol–water partition coefficient (Wildman–Crippen LogP) is 7.04. The largest absolute Gasteiger partial charge is 0.497 e. The number of anilines is 4. The summed E-state index contributed by atoms with van der Waals surface area (Å²) in [7, 11) is 7.21. The number of methoxy groups -OCH3 is 2. The number of carbonyl (C=O) groups excluding carboxylic acids is 2. The third kappa shape index (κ3) is 9.67. The van der Waals surface area contributed by atoms with Crippen LogP contribution in [-0.4, -0.2) is 68.3 Å². The summed E-state index contributed by atoms with van der Waals surface area (Å²) in [5.41, 5.74) is 3.15. The van der Waals surface area contributed by atoms with Crippen LogP contribution >= 0.6 is 0 Å². The van der Waals surface area contributed by atoms with Crippen LogP contribution in [0.15, 0.2) is 72.9 Å². The number of benzene rings is 3. The van der Waals surface area contributed by atoms with Crippen molar-refractivity contribution in [3.05, 3.63) is 89.6 Å². The quantitative estimate of drug-likeness (QED) is 0.132. The standard InChI is InChI=1S/C36H44N6O5/c1-25-13-11-14-26(2)33(25)47-36(44)42(30-18-17-29(45-5)24-31(30)46-6)32-19-21-38-35(40-32)39-28-16-12-15-27(23-28)34(43)37-20-9-7-8-10-22-41(3)4/h11-19,21,23-24H,7-10,20,22H2,1-6H3,(H,37,43)(H,38,39,40). The molecule has 0 saturated carbocycles. The summed E-state index contributed by atoms with van der Waals surface area (Å²) in [6.45, 7) is 5.45. The van der Waals surface area contributed by atoms with E-state index in [-0.39, 0.29) is 17.7 Å². The van der Waals surface area contributed by atoms with Gasteiger partial charge in [0.15, 0.2) is 0 Å². The molecule has 0 saturated heterocycles. The number of unbranched alkanes of at least 4 members (excludes halogenated alkanes) is 3. The molecule has 0 aliphatic rings. The Bertz CT molecular complexity index is 1640. The maximum Gasteiger partial charge on any atom is 0.425 e. The molecule has 0 radical (unpaired) electrons. The van der Waals surface area contributed by atoms with Gasteiger partial charge in [0.1, 0.15) is 23.1 Å². The molecule has 4 rings (SSSR count). The first-order chi connectivity index (χ1) is 22.7. The Morgan fingerprint density at radius 2 is 1.60 bits per heavy atom. The van der Waals surface area contributed by atoms with Gasteiger partial charge in [0, 0.05) is 36.1 Å². The molecule has 0 bridgehead atoms. The molecule has 11 heteroatoms. The highest BCUT2D eigenvalue weighted by Gasteiger charge is 2.27. The second-order valence-corrected chi connectivity index (χ2v) is 11.4. The number of hydrogen-bond acceptors (Lipinski definition) is 9. The summed E-state index contributed by atoms with van der Waals surface area (Å²) in [5.74, 6) is 1.70. The van der Waals surface area contributed by atoms with Crippen LogP contribution in [0, 0.1) is 13.8 Å². The van der Waals surface area contributed by atoms with Crippen LogP contribution in [0.3, 0.4) is 0 Å². The monoisotopic (exact) mass is 640 g/mol. The Kier molecular flexibility index (Phi) is 12.5. The van der Waals surface area contributed by atoms with Crippen molar-refractivity contribution in [1.82, 2.24) is 20.2 Å². The average Bonchev–Trinajstić information content (AvgIpc) is 3.06. The SMILES string of the molecule is COc1ccc(N(C(=O)Oc2c(C)cccc2C)c2ccnc(Nc3cccc(C(=O)NCCCCCCN(C)C)c3)n2)c(OC)c1. The number of nitrogens with one attached hydrogen (secondary N) is 2. The minimum atomic E-state index is -0.688. The fourth-order valence-electron chi connectivity index (χ4n) is 4.99. The summed E-state index contributed by atoms with van der Waals surface area (Å²) in [5, 5.41) is 6.17.